The highest BCUT2D eigenvalue weighted by Crippen LogP contribution is 2.20. The van der Waals surface area contributed by atoms with Crippen LogP contribution in [-0.4, -0.2) is 22.9 Å². The summed E-state index contributed by atoms with van der Waals surface area (Å²) in [6, 6.07) is 4.97. The molecule has 0 radical (unpaired) electrons. The summed E-state index contributed by atoms with van der Waals surface area (Å²) < 4.78 is 0. The molecule has 0 aromatic heterocycles. The van der Waals surface area contributed by atoms with Gasteiger partial charge in [-0.15, -0.1) is 0 Å². The van der Waals surface area contributed by atoms with Gasteiger partial charge in [0.2, 0.25) is 0 Å². The molecule has 1 unspecified atom stereocenters. The van der Waals surface area contributed by atoms with Crippen molar-refractivity contribution in [2.75, 3.05) is 6.54 Å². The fourth-order valence-electron chi connectivity index (χ4n) is 1.39. The van der Waals surface area contributed by atoms with Gasteiger partial charge < -0.3 is 15.5 Å². The summed E-state index contributed by atoms with van der Waals surface area (Å²) in [5, 5.41) is 22.7. The molecule has 0 heterocycles. The molecule has 0 aliphatic carbocycles. The van der Waals surface area contributed by atoms with Gasteiger partial charge in [0.05, 0.1) is 6.10 Å². The van der Waals surface area contributed by atoms with Crippen LogP contribution in [0.3, 0.4) is 0 Å². The molecule has 16 heavy (non-hydrogen) atoms. The Labute approximate surface area is 101 Å². The third-order valence-corrected chi connectivity index (χ3v) is 2.72. The van der Waals surface area contributed by atoms with Gasteiger partial charge in [-0.2, -0.15) is 0 Å². The Morgan fingerprint density at radius 1 is 1.44 bits per heavy atom. The van der Waals surface area contributed by atoms with Crippen molar-refractivity contribution in [2.24, 2.45) is 0 Å². The highest BCUT2D eigenvalue weighted by molar-refractivity contribution is 6.30. The minimum absolute atomic E-state index is 0.243. The number of halogens is 1. The van der Waals surface area contributed by atoms with Crippen LogP contribution in [0.25, 0.3) is 0 Å². The molecule has 0 aliphatic heterocycles. The minimum Gasteiger partial charge on any atom is -0.508 e. The number of aromatic hydroxyl groups is 1. The van der Waals surface area contributed by atoms with Crippen molar-refractivity contribution >= 4 is 11.6 Å². The first-order valence-electron chi connectivity index (χ1n) is 5.49. The number of phenols is 1. The van der Waals surface area contributed by atoms with E-state index in [9.17, 15) is 10.2 Å². The molecule has 90 valence electrons. The predicted octanol–water partition coefficient (Wildman–Crippen LogP) is 2.30. The molecule has 0 bridgehead atoms. The van der Waals surface area contributed by atoms with Gasteiger partial charge in [-0.1, -0.05) is 18.5 Å². The lowest BCUT2D eigenvalue weighted by molar-refractivity contribution is 0.159. The van der Waals surface area contributed by atoms with Crippen LogP contribution in [0.15, 0.2) is 18.2 Å². The molecule has 1 aromatic carbocycles. The van der Waals surface area contributed by atoms with Gasteiger partial charge in [-0.3, -0.25) is 0 Å². The Hall–Kier alpha value is -0.770. The molecule has 1 atom stereocenters. The first-order valence-corrected chi connectivity index (χ1v) is 5.87. The maximum Gasteiger partial charge on any atom is 0.120 e. The summed E-state index contributed by atoms with van der Waals surface area (Å²) in [4.78, 5) is 0. The van der Waals surface area contributed by atoms with E-state index in [1.807, 2.05) is 6.92 Å². The van der Waals surface area contributed by atoms with Crippen molar-refractivity contribution in [3.8, 4) is 5.75 Å². The van der Waals surface area contributed by atoms with E-state index in [2.05, 4.69) is 5.32 Å². The second-order valence-corrected chi connectivity index (χ2v) is 4.24. The molecule has 1 rings (SSSR count). The molecule has 0 saturated heterocycles. The van der Waals surface area contributed by atoms with Crippen molar-refractivity contribution < 1.29 is 10.2 Å². The Kier molecular flexibility index (Phi) is 5.60. The lowest BCUT2D eigenvalue weighted by Gasteiger charge is -2.09. The third-order valence-electron chi connectivity index (χ3n) is 2.48. The summed E-state index contributed by atoms with van der Waals surface area (Å²) in [5.74, 6) is 0.243. The number of aliphatic hydroxyl groups is 1. The number of hydrogen-bond acceptors (Lipinski definition) is 3. The molecule has 4 heteroatoms. The fraction of sp³-hybridized carbons (Fsp3) is 0.500. The smallest absolute Gasteiger partial charge is 0.120 e. The number of nitrogens with one attached hydrogen (secondary N) is 1. The molecule has 0 spiro atoms. The molecule has 0 saturated carbocycles. The van der Waals surface area contributed by atoms with Gasteiger partial charge in [0.15, 0.2) is 0 Å². The van der Waals surface area contributed by atoms with E-state index in [0.29, 0.717) is 11.6 Å². The topological polar surface area (TPSA) is 52.5 Å². The second kappa shape index (κ2) is 6.74. The highest BCUT2D eigenvalue weighted by atomic mass is 35.5. The van der Waals surface area contributed by atoms with Crippen molar-refractivity contribution in [1.29, 1.82) is 0 Å². The van der Waals surface area contributed by atoms with Crippen LogP contribution in [0.5, 0.6) is 5.75 Å². The van der Waals surface area contributed by atoms with Gasteiger partial charge in [-0.05, 0) is 37.6 Å². The summed E-state index contributed by atoms with van der Waals surface area (Å²) in [6.07, 6.45) is 1.24. The average molecular weight is 244 g/mol. The number of benzene rings is 1. The largest absolute Gasteiger partial charge is 0.508 e. The molecule has 0 amide bonds. The van der Waals surface area contributed by atoms with Gasteiger partial charge in [-0.25, -0.2) is 0 Å². The predicted molar refractivity (Wildman–Crippen MR) is 65.7 cm³/mol. The zero-order chi connectivity index (χ0) is 12.0. The average Bonchev–Trinajstić information content (AvgIpc) is 2.28. The number of rotatable bonds is 6. The Morgan fingerprint density at radius 3 is 2.88 bits per heavy atom. The maximum absolute atomic E-state index is 9.54. The van der Waals surface area contributed by atoms with E-state index in [1.165, 1.54) is 0 Å². The lowest BCUT2D eigenvalue weighted by Crippen LogP contribution is -2.19. The molecule has 3 nitrogen and oxygen atoms in total. The van der Waals surface area contributed by atoms with E-state index >= 15 is 0 Å². The SMILES string of the molecule is CCC(O)CCNCc1cc(Cl)ccc1O. The quantitative estimate of drug-likeness (QED) is 0.672. The molecule has 1 aromatic rings. The van der Waals surface area contributed by atoms with Crippen LogP contribution < -0.4 is 5.32 Å². The zero-order valence-corrected chi connectivity index (χ0v) is 10.2. The third kappa shape index (κ3) is 4.39. The van der Waals surface area contributed by atoms with Crippen LogP contribution in [0, 0.1) is 0 Å². The van der Waals surface area contributed by atoms with Crippen LogP contribution in [-0.2, 0) is 6.54 Å². The highest BCUT2D eigenvalue weighted by Gasteiger charge is 2.03. The minimum atomic E-state index is -0.250. The van der Waals surface area contributed by atoms with Crippen molar-refractivity contribution in [1.82, 2.24) is 5.32 Å². The van der Waals surface area contributed by atoms with E-state index in [0.717, 1.165) is 24.9 Å². The van der Waals surface area contributed by atoms with Crippen LogP contribution >= 0.6 is 11.6 Å². The standard InChI is InChI=1S/C12H18ClNO2/c1-2-11(15)5-6-14-8-9-7-10(13)3-4-12(9)16/h3-4,7,11,14-16H,2,5-6,8H2,1H3. The van der Waals surface area contributed by atoms with Gasteiger partial charge in [0.25, 0.3) is 0 Å². The van der Waals surface area contributed by atoms with E-state index < -0.39 is 0 Å². The molecule has 0 aliphatic rings. The Balaban J connectivity index is 2.34. The normalized spacial score (nSPS) is 12.7. The first kappa shape index (κ1) is 13.3. The van der Waals surface area contributed by atoms with Crippen molar-refractivity contribution in [3.63, 3.8) is 0 Å². The first-order chi connectivity index (χ1) is 7.63. The molecule has 3 N–H and O–H groups in total. The zero-order valence-electron chi connectivity index (χ0n) is 9.41. The van der Waals surface area contributed by atoms with Crippen molar-refractivity contribution in [2.45, 2.75) is 32.4 Å². The maximum atomic E-state index is 9.54. The van der Waals surface area contributed by atoms with Gasteiger partial charge in [0, 0.05) is 17.1 Å². The summed E-state index contributed by atoms with van der Waals surface area (Å²) >= 11 is 5.82. The van der Waals surface area contributed by atoms with Crippen molar-refractivity contribution in [3.05, 3.63) is 28.8 Å². The summed E-state index contributed by atoms with van der Waals surface area (Å²) in [6.45, 7) is 3.23. The molecular weight excluding hydrogens is 226 g/mol. The lowest BCUT2D eigenvalue weighted by atomic mass is 10.2. The summed E-state index contributed by atoms with van der Waals surface area (Å²) in [7, 11) is 0. The van der Waals surface area contributed by atoms with Gasteiger partial charge >= 0.3 is 0 Å². The van der Waals surface area contributed by atoms with Gasteiger partial charge in [0.1, 0.15) is 5.75 Å². The fourth-order valence-corrected chi connectivity index (χ4v) is 1.59. The Bertz CT molecular complexity index is 331. The monoisotopic (exact) mass is 243 g/mol. The van der Waals surface area contributed by atoms with Crippen LogP contribution in [0.4, 0.5) is 0 Å². The molecular formula is C12H18ClNO2. The number of aliphatic hydroxyl groups excluding tert-OH is 1. The van der Waals surface area contributed by atoms with E-state index in [4.69, 9.17) is 11.6 Å². The number of phenolic OH excluding ortho intramolecular Hbond substituents is 1. The van der Waals surface area contributed by atoms with E-state index in [1.54, 1.807) is 18.2 Å². The summed E-state index contributed by atoms with van der Waals surface area (Å²) in [5.41, 5.74) is 0.776. The van der Waals surface area contributed by atoms with Crippen LogP contribution in [0.1, 0.15) is 25.3 Å². The Morgan fingerprint density at radius 2 is 2.19 bits per heavy atom. The van der Waals surface area contributed by atoms with E-state index in [-0.39, 0.29) is 11.9 Å². The van der Waals surface area contributed by atoms with Crippen LogP contribution in [0.2, 0.25) is 5.02 Å². The molecule has 0 fully saturated rings. The number of hydrogen-bond donors (Lipinski definition) is 3. The second-order valence-electron chi connectivity index (χ2n) is 3.80.